The molecule has 0 radical (unpaired) electrons. The summed E-state index contributed by atoms with van der Waals surface area (Å²) in [5, 5.41) is 10.7. The molecule has 0 bridgehead atoms. The Hall–Kier alpha value is -4.10. The van der Waals surface area contributed by atoms with Crippen LogP contribution in [-0.4, -0.2) is 52.1 Å². The van der Waals surface area contributed by atoms with Crippen LogP contribution < -0.4 is 9.64 Å². The van der Waals surface area contributed by atoms with E-state index in [1.807, 2.05) is 30.5 Å². The maximum absolute atomic E-state index is 12.0. The average Bonchev–Trinajstić information content (AvgIpc) is 3.30. The monoisotopic (exact) mass is 522 g/mol. The lowest BCUT2D eigenvalue weighted by molar-refractivity contribution is 0.0694. The summed E-state index contributed by atoms with van der Waals surface area (Å²) < 4.78 is 6.08. The summed E-state index contributed by atoms with van der Waals surface area (Å²) in [6.45, 7) is 9.98. The predicted octanol–water partition coefficient (Wildman–Crippen LogP) is 6.68. The van der Waals surface area contributed by atoms with E-state index in [0.717, 1.165) is 54.9 Å². The highest BCUT2D eigenvalue weighted by molar-refractivity contribution is 5.92. The first-order chi connectivity index (χ1) is 19.0. The zero-order valence-corrected chi connectivity index (χ0v) is 22.3. The van der Waals surface area contributed by atoms with Gasteiger partial charge in [-0.1, -0.05) is 36.8 Å². The molecule has 3 heterocycles. The summed E-state index contributed by atoms with van der Waals surface area (Å²) in [6.07, 6.45) is 8.18. The number of hydrogen-bond acceptors (Lipinski definition) is 5. The van der Waals surface area contributed by atoms with Gasteiger partial charge < -0.3 is 19.7 Å². The van der Waals surface area contributed by atoms with Gasteiger partial charge in [0, 0.05) is 55.6 Å². The van der Waals surface area contributed by atoms with Crippen molar-refractivity contribution in [3.63, 3.8) is 0 Å². The molecule has 2 aromatic heterocycles. The van der Waals surface area contributed by atoms with Gasteiger partial charge in [-0.3, -0.25) is 4.90 Å². The number of carboxylic acid groups (broad SMARTS) is 1. The van der Waals surface area contributed by atoms with Crippen LogP contribution in [0.25, 0.3) is 16.6 Å². The Balaban J connectivity index is 1.21. The number of anilines is 1. The Labute approximate surface area is 228 Å². The molecular formula is C32H34N4O3. The van der Waals surface area contributed by atoms with E-state index < -0.39 is 5.97 Å². The fourth-order valence-corrected chi connectivity index (χ4v) is 6.13. The predicted molar refractivity (Wildman–Crippen MR) is 155 cm³/mol. The van der Waals surface area contributed by atoms with E-state index in [0.29, 0.717) is 17.5 Å². The molecule has 2 aromatic carbocycles. The van der Waals surface area contributed by atoms with Crippen molar-refractivity contribution < 1.29 is 14.6 Å². The molecule has 0 spiro atoms. The lowest BCUT2D eigenvalue weighted by Crippen LogP contribution is -2.47. The van der Waals surface area contributed by atoms with Crippen molar-refractivity contribution >= 4 is 28.3 Å². The van der Waals surface area contributed by atoms with Crippen molar-refractivity contribution in [3.05, 3.63) is 89.8 Å². The molecule has 4 aromatic rings. The Bertz CT molecular complexity index is 1530. The van der Waals surface area contributed by atoms with E-state index in [1.165, 1.54) is 36.0 Å². The summed E-state index contributed by atoms with van der Waals surface area (Å²) in [7, 11) is 0. The molecule has 1 fully saturated rings. The standard InChI is InChI=1S/C32H34N4O3/c1-21(2)25-7-5-8-27-26(25)6-3-4-9-29(27)36-16-14-35(15-17-36)23-10-11-28(32(37)38)30(19-23)39-24-18-22-12-13-33-31(22)34-20-24/h5,7-8,10-13,18-20,29H,1,3-4,6,9,14-17H2,2H3,(H,33,34)(H,37,38). The number of carbonyl (C=O) groups is 1. The molecule has 1 aliphatic carbocycles. The van der Waals surface area contributed by atoms with Gasteiger partial charge in [0.15, 0.2) is 0 Å². The average molecular weight is 523 g/mol. The first-order valence-electron chi connectivity index (χ1n) is 13.7. The minimum atomic E-state index is -1.02. The number of carboxylic acids is 1. The third-order valence-electron chi connectivity index (χ3n) is 8.10. The number of nitrogens with one attached hydrogen (secondary N) is 1. The van der Waals surface area contributed by atoms with Crippen molar-refractivity contribution in [2.75, 3.05) is 31.1 Å². The van der Waals surface area contributed by atoms with Gasteiger partial charge in [-0.15, -0.1) is 0 Å². The third-order valence-corrected chi connectivity index (χ3v) is 8.10. The molecule has 2 aliphatic rings. The van der Waals surface area contributed by atoms with Crippen molar-refractivity contribution in [1.29, 1.82) is 0 Å². The normalized spacial score (nSPS) is 18.0. The Kier molecular flexibility index (Phi) is 6.83. The number of H-pyrrole nitrogens is 1. The summed E-state index contributed by atoms with van der Waals surface area (Å²) in [6, 6.07) is 16.3. The number of benzene rings is 2. The second-order valence-corrected chi connectivity index (χ2v) is 10.6. The van der Waals surface area contributed by atoms with E-state index in [4.69, 9.17) is 4.74 Å². The number of piperazine rings is 1. The number of rotatable bonds is 6. The number of pyridine rings is 1. The van der Waals surface area contributed by atoms with Crippen molar-refractivity contribution in [2.45, 2.75) is 38.6 Å². The largest absolute Gasteiger partial charge is 0.478 e. The Morgan fingerprint density at radius 1 is 1.08 bits per heavy atom. The fourth-order valence-electron chi connectivity index (χ4n) is 6.13. The zero-order valence-electron chi connectivity index (χ0n) is 22.3. The van der Waals surface area contributed by atoms with Gasteiger partial charge >= 0.3 is 5.97 Å². The molecule has 39 heavy (non-hydrogen) atoms. The minimum absolute atomic E-state index is 0.134. The molecule has 6 rings (SSSR count). The maximum Gasteiger partial charge on any atom is 0.339 e. The molecule has 1 aliphatic heterocycles. The van der Waals surface area contributed by atoms with Crippen molar-refractivity contribution in [1.82, 2.24) is 14.9 Å². The second kappa shape index (κ2) is 10.6. The van der Waals surface area contributed by atoms with E-state index in [-0.39, 0.29) is 5.56 Å². The first-order valence-corrected chi connectivity index (χ1v) is 13.7. The fraction of sp³-hybridized carbons (Fsp3) is 0.312. The molecular weight excluding hydrogens is 488 g/mol. The maximum atomic E-state index is 12.0. The topological polar surface area (TPSA) is 81.7 Å². The summed E-state index contributed by atoms with van der Waals surface area (Å²) in [5.74, 6) is -0.185. The lowest BCUT2D eigenvalue weighted by atomic mass is 9.91. The molecule has 7 heteroatoms. The van der Waals surface area contributed by atoms with Gasteiger partial charge in [0.05, 0.1) is 6.20 Å². The Morgan fingerprint density at radius 3 is 2.72 bits per heavy atom. The van der Waals surface area contributed by atoms with Crippen LogP contribution >= 0.6 is 0 Å². The molecule has 1 saturated heterocycles. The number of aromatic carboxylic acids is 1. The number of aromatic amines is 1. The van der Waals surface area contributed by atoms with Gasteiger partial charge in [0.2, 0.25) is 0 Å². The quantitative estimate of drug-likeness (QED) is 0.275. The van der Waals surface area contributed by atoms with E-state index >= 15 is 0 Å². The third kappa shape index (κ3) is 5.02. The van der Waals surface area contributed by atoms with Crippen LogP contribution in [0.2, 0.25) is 0 Å². The van der Waals surface area contributed by atoms with Gasteiger partial charge in [-0.2, -0.15) is 0 Å². The van der Waals surface area contributed by atoms with Crippen LogP contribution in [0.3, 0.4) is 0 Å². The highest BCUT2D eigenvalue weighted by Gasteiger charge is 2.29. The molecule has 7 nitrogen and oxygen atoms in total. The molecule has 1 unspecified atom stereocenters. The SMILES string of the molecule is C=C(C)c1cccc2c1CCCCC2N1CCN(c2ccc(C(=O)O)c(Oc3cnc4[nH]ccc4c3)c2)CC1. The number of ether oxygens (including phenoxy) is 1. The van der Waals surface area contributed by atoms with Crippen molar-refractivity contribution in [2.24, 2.45) is 0 Å². The highest BCUT2D eigenvalue weighted by atomic mass is 16.5. The van der Waals surface area contributed by atoms with E-state index in [1.54, 1.807) is 12.3 Å². The van der Waals surface area contributed by atoms with E-state index in [9.17, 15) is 9.90 Å². The summed E-state index contributed by atoms with van der Waals surface area (Å²) in [4.78, 5) is 24.3. The highest BCUT2D eigenvalue weighted by Crippen LogP contribution is 2.38. The summed E-state index contributed by atoms with van der Waals surface area (Å²) in [5.41, 5.74) is 7.27. The molecule has 0 saturated carbocycles. The zero-order chi connectivity index (χ0) is 26.9. The summed E-state index contributed by atoms with van der Waals surface area (Å²) >= 11 is 0. The van der Waals surface area contributed by atoms with Crippen LogP contribution in [0, 0.1) is 0 Å². The molecule has 200 valence electrons. The van der Waals surface area contributed by atoms with Crippen LogP contribution in [0.4, 0.5) is 5.69 Å². The van der Waals surface area contributed by atoms with Crippen LogP contribution in [0.5, 0.6) is 11.5 Å². The second-order valence-electron chi connectivity index (χ2n) is 10.6. The van der Waals surface area contributed by atoms with Crippen LogP contribution in [-0.2, 0) is 6.42 Å². The number of hydrogen-bond donors (Lipinski definition) is 2. The number of allylic oxidation sites excluding steroid dienone is 1. The van der Waals surface area contributed by atoms with Gasteiger partial charge in [-0.25, -0.2) is 9.78 Å². The lowest BCUT2D eigenvalue weighted by Gasteiger charge is -2.41. The number of aromatic nitrogens is 2. The molecule has 0 amide bonds. The molecule has 1 atom stereocenters. The van der Waals surface area contributed by atoms with Gasteiger partial charge in [0.1, 0.15) is 22.7 Å². The number of nitrogens with zero attached hydrogens (tertiary/aromatic N) is 3. The van der Waals surface area contributed by atoms with E-state index in [2.05, 4.69) is 51.5 Å². The first kappa shape index (κ1) is 25.2. The van der Waals surface area contributed by atoms with Crippen LogP contribution in [0.1, 0.15) is 59.3 Å². The van der Waals surface area contributed by atoms with Gasteiger partial charge in [0.25, 0.3) is 0 Å². The minimum Gasteiger partial charge on any atom is -0.478 e. The number of fused-ring (bicyclic) bond motifs is 2. The molecule has 2 N–H and O–H groups in total. The van der Waals surface area contributed by atoms with Crippen LogP contribution in [0.15, 0.2) is 67.5 Å². The Morgan fingerprint density at radius 2 is 1.92 bits per heavy atom. The van der Waals surface area contributed by atoms with Gasteiger partial charge in [-0.05, 0) is 67.1 Å². The smallest absolute Gasteiger partial charge is 0.339 e. The van der Waals surface area contributed by atoms with Crippen molar-refractivity contribution in [3.8, 4) is 11.5 Å².